The summed E-state index contributed by atoms with van der Waals surface area (Å²) in [7, 11) is 1.58. The average Bonchev–Trinajstić information content (AvgIpc) is 2.60. The summed E-state index contributed by atoms with van der Waals surface area (Å²) in [6.07, 6.45) is 0. The molecule has 0 fully saturated rings. The van der Waals surface area contributed by atoms with Gasteiger partial charge in [-0.05, 0) is 56.5 Å². The molecule has 0 aromatic heterocycles. The highest BCUT2D eigenvalue weighted by atomic mass is 79.9. The van der Waals surface area contributed by atoms with Crippen LogP contribution < -0.4 is 10.1 Å². The molecule has 3 aromatic carbocycles. The number of carbonyl (C=O) groups is 1. The maximum absolute atomic E-state index is 12.4. The van der Waals surface area contributed by atoms with Crippen LogP contribution in [-0.4, -0.2) is 13.0 Å². The molecule has 0 aliphatic heterocycles. The Morgan fingerprint density at radius 1 is 1.04 bits per heavy atom. The molecule has 0 atom stereocenters. The van der Waals surface area contributed by atoms with E-state index in [-0.39, 0.29) is 5.91 Å². The number of ether oxygens (including phenoxy) is 1. The van der Waals surface area contributed by atoms with Crippen LogP contribution in [0.4, 0.5) is 0 Å². The largest absolute Gasteiger partial charge is 0.497 e. The zero-order valence-electron chi connectivity index (χ0n) is 12.7. The molecule has 3 rings (SSSR count). The molecule has 0 saturated carbocycles. The molecule has 0 aliphatic rings. The van der Waals surface area contributed by atoms with Crippen LogP contribution in [0.1, 0.15) is 15.9 Å². The Morgan fingerprint density at radius 3 is 2.61 bits per heavy atom. The van der Waals surface area contributed by atoms with Crippen molar-refractivity contribution in [3.63, 3.8) is 0 Å². The molecular formula is C19H16BrNO2. The van der Waals surface area contributed by atoms with Crippen molar-refractivity contribution in [1.29, 1.82) is 0 Å². The number of hydrogen-bond donors (Lipinski definition) is 1. The third kappa shape index (κ3) is 3.54. The molecule has 0 heterocycles. The minimum atomic E-state index is -0.135. The van der Waals surface area contributed by atoms with Gasteiger partial charge in [-0.1, -0.05) is 36.4 Å². The van der Waals surface area contributed by atoms with E-state index in [1.54, 1.807) is 13.2 Å². The Balaban J connectivity index is 1.75. The van der Waals surface area contributed by atoms with Crippen LogP contribution in [-0.2, 0) is 6.54 Å². The molecule has 4 heteroatoms. The Hall–Kier alpha value is -2.33. The first kappa shape index (κ1) is 15.6. The first-order chi connectivity index (χ1) is 11.2. The zero-order valence-corrected chi connectivity index (χ0v) is 14.3. The van der Waals surface area contributed by atoms with Crippen molar-refractivity contribution in [2.24, 2.45) is 0 Å². The zero-order chi connectivity index (χ0) is 16.2. The molecule has 0 radical (unpaired) electrons. The Morgan fingerprint density at radius 2 is 1.83 bits per heavy atom. The number of methoxy groups -OCH3 is 1. The van der Waals surface area contributed by atoms with Gasteiger partial charge in [0.05, 0.1) is 12.7 Å². The van der Waals surface area contributed by atoms with Gasteiger partial charge in [-0.15, -0.1) is 0 Å². The van der Waals surface area contributed by atoms with Crippen LogP contribution in [0.2, 0.25) is 0 Å². The van der Waals surface area contributed by atoms with E-state index >= 15 is 0 Å². The molecule has 116 valence electrons. The van der Waals surface area contributed by atoms with E-state index in [0.717, 1.165) is 10.0 Å². The van der Waals surface area contributed by atoms with E-state index in [4.69, 9.17) is 4.74 Å². The third-order valence-electron chi connectivity index (χ3n) is 3.69. The van der Waals surface area contributed by atoms with Gasteiger partial charge in [0.2, 0.25) is 0 Å². The smallest absolute Gasteiger partial charge is 0.252 e. The lowest BCUT2D eigenvalue weighted by Gasteiger charge is -2.09. The standard InChI is InChI=1S/C19H16BrNO2/c1-23-16-8-9-18(20)17(11-16)19(22)21-12-13-6-7-14-4-2-3-5-15(14)10-13/h2-11H,12H2,1H3,(H,21,22). The second kappa shape index (κ2) is 6.84. The van der Waals surface area contributed by atoms with E-state index < -0.39 is 0 Å². The molecule has 3 aromatic rings. The minimum Gasteiger partial charge on any atom is -0.497 e. The first-order valence-electron chi connectivity index (χ1n) is 7.27. The second-order valence-corrected chi connectivity index (χ2v) is 6.06. The third-order valence-corrected chi connectivity index (χ3v) is 4.38. The summed E-state index contributed by atoms with van der Waals surface area (Å²) in [5.74, 6) is 0.521. The molecule has 0 bridgehead atoms. The average molecular weight is 370 g/mol. The molecule has 1 N–H and O–H groups in total. The Kier molecular flexibility index (Phi) is 4.63. The van der Waals surface area contributed by atoms with Crippen molar-refractivity contribution >= 4 is 32.6 Å². The first-order valence-corrected chi connectivity index (χ1v) is 8.06. The fourth-order valence-corrected chi connectivity index (χ4v) is 2.86. The number of rotatable bonds is 4. The summed E-state index contributed by atoms with van der Waals surface area (Å²) < 4.78 is 5.91. The van der Waals surface area contributed by atoms with Crippen LogP contribution >= 0.6 is 15.9 Å². The summed E-state index contributed by atoms with van der Waals surface area (Å²) in [6, 6.07) is 19.7. The van der Waals surface area contributed by atoms with Crippen molar-refractivity contribution < 1.29 is 9.53 Å². The van der Waals surface area contributed by atoms with Gasteiger partial charge in [-0.25, -0.2) is 0 Å². The van der Waals surface area contributed by atoms with E-state index in [2.05, 4.69) is 45.5 Å². The van der Waals surface area contributed by atoms with Crippen LogP contribution in [0.15, 0.2) is 65.1 Å². The topological polar surface area (TPSA) is 38.3 Å². The van der Waals surface area contributed by atoms with E-state index in [0.29, 0.717) is 17.9 Å². The highest BCUT2D eigenvalue weighted by Crippen LogP contribution is 2.22. The minimum absolute atomic E-state index is 0.135. The fourth-order valence-electron chi connectivity index (χ4n) is 2.43. The summed E-state index contributed by atoms with van der Waals surface area (Å²) in [6.45, 7) is 0.479. The van der Waals surface area contributed by atoms with Gasteiger partial charge >= 0.3 is 0 Å². The number of halogens is 1. The second-order valence-electron chi connectivity index (χ2n) is 5.21. The van der Waals surface area contributed by atoms with Crippen molar-refractivity contribution in [3.05, 3.63) is 76.3 Å². The lowest BCUT2D eigenvalue weighted by Crippen LogP contribution is -2.23. The molecule has 0 spiro atoms. The molecule has 0 aliphatic carbocycles. The van der Waals surface area contributed by atoms with Gasteiger partial charge < -0.3 is 10.1 Å². The van der Waals surface area contributed by atoms with Crippen LogP contribution in [0, 0.1) is 0 Å². The predicted octanol–water partition coefficient (Wildman–Crippen LogP) is 4.54. The monoisotopic (exact) mass is 369 g/mol. The van der Waals surface area contributed by atoms with E-state index in [9.17, 15) is 4.79 Å². The van der Waals surface area contributed by atoms with E-state index in [1.165, 1.54) is 10.8 Å². The van der Waals surface area contributed by atoms with Crippen LogP contribution in [0.25, 0.3) is 10.8 Å². The van der Waals surface area contributed by atoms with Crippen molar-refractivity contribution in [3.8, 4) is 5.75 Å². The number of carbonyl (C=O) groups excluding carboxylic acids is 1. The van der Waals surface area contributed by atoms with Crippen molar-refractivity contribution in [1.82, 2.24) is 5.32 Å². The molecule has 3 nitrogen and oxygen atoms in total. The van der Waals surface area contributed by atoms with Gasteiger partial charge in [0.15, 0.2) is 0 Å². The molecule has 0 saturated heterocycles. The summed E-state index contributed by atoms with van der Waals surface area (Å²) in [5.41, 5.74) is 1.63. The quantitative estimate of drug-likeness (QED) is 0.732. The molecule has 23 heavy (non-hydrogen) atoms. The maximum Gasteiger partial charge on any atom is 0.252 e. The van der Waals surface area contributed by atoms with Crippen LogP contribution in [0.3, 0.4) is 0 Å². The number of hydrogen-bond acceptors (Lipinski definition) is 2. The van der Waals surface area contributed by atoms with Crippen molar-refractivity contribution in [2.45, 2.75) is 6.54 Å². The van der Waals surface area contributed by atoms with Crippen LogP contribution in [0.5, 0.6) is 5.75 Å². The fraction of sp³-hybridized carbons (Fsp3) is 0.105. The number of amides is 1. The highest BCUT2D eigenvalue weighted by molar-refractivity contribution is 9.10. The Bertz CT molecular complexity index is 861. The van der Waals surface area contributed by atoms with Gasteiger partial charge in [0.1, 0.15) is 5.75 Å². The van der Waals surface area contributed by atoms with Gasteiger partial charge in [0, 0.05) is 11.0 Å². The van der Waals surface area contributed by atoms with Gasteiger partial charge in [-0.2, -0.15) is 0 Å². The Labute approximate surface area is 143 Å². The summed E-state index contributed by atoms with van der Waals surface area (Å²) in [5, 5.41) is 5.31. The van der Waals surface area contributed by atoms with E-state index in [1.807, 2.05) is 30.3 Å². The summed E-state index contributed by atoms with van der Waals surface area (Å²) >= 11 is 3.40. The number of benzene rings is 3. The molecule has 1 amide bonds. The lowest BCUT2D eigenvalue weighted by atomic mass is 10.1. The maximum atomic E-state index is 12.4. The predicted molar refractivity (Wildman–Crippen MR) is 95.8 cm³/mol. The number of nitrogens with one attached hydrogen (secondary N) is 1. The van der Waals surface area contributed by atoms with Gasteiger partial charge in [-0.3, -0.25) is 4.79 Å². The van der Waals surface area contributed by atoms with Gasteiger partial charge in [0.25, 0.3) is 5.91 Å². The molecular weight excluding hydrogens is 354 g/mol. The lowest BCUT2D eigenvalue weighted by molar-refractivity contribution is 0.0950. The SMILES string of the molecule is COc1ccc(Br)c(C(=O)NCc2ccc3ccccc3c2)c1. The summed E-state index contributed by atoms with van der Waals surface area (Å²) in [4.78, 5) is 12.4. The normalized spacial score (nSPS) is 10.5. The highest BCUT2D eigenvalue weighted by Gasteiger charge is 2.11. The number of fused-ring (bicyclic) bond motifs is 1. The molecule has 0 unspecified atom stereocenters. The van der Waals surface area contributed by atoms with Crippen molar-refractivity contribution in [2.75, 3.05) is 7.11 Å².